The first kappa shape index (κ1) is 14.1. The molecular weight excluding hydrogens is 260 g/mol. The van der Waals surface area contributed by atoms with Crippen LogP contribution < -0.4 is 4.74 Å². The van der Waals surface area contributed by atoms with Crippen molar-refractivity contribution in [1.82, 2.24) is 9.88 Å². The zero-order valence-corrected chi connectivity index (χ0v) is 12.4. The Kier molecular flexibility index (Phi) is 4.85. The van der Waals surface area contributed by atoms with Crippen LogP contribution in [0.2, 0.25) is 0 Å². The zero-order valence-electron chi connectivity index (χ0n) is 12.4. The van der Waals surface area contributed by atoms with E-state index in [-0.39, 0.29) is 0 Å². The summed E-state index contributed by atoms with van der Waals surface area (Å²) >= 11 is 0. The standard InChI is InChI=1S/C18H22N2O/c1-4-12-20(13-5-1)14-17-6-2-3-7-18(17)21-15-16-8-10-19-11-9-16/h2-3,6-11H,1,4-5,12-15H2. The molecule has 110 valence electrons. The third-order valence-corrected chi connectivity index (χ3v) is 3.96. The fourth-order valence-electron chi connectivity index (χ4n) is 2.77. The highest BCUT2D eigenvalue weighted by atomic mass is 16.5. The van der Waals surface area contributed by atoms with Gasteiger partial charge in [0, 0.05) is 24.5 Å². The van der Waals surface area contributed by atoms with Gasteiger partial charge in [-0.1, -0.05) is 24.6 Å². The monoisotopic (exact) mass is 282 g/mol. The number of pyridine rings is 1. The van der Waals surface area contributed by atoms with Crippen molar-refractivity contribution in [3.05, 3.63) is 59.9 Å². The van der Waals surface area contributed by atoms with Gasteiger partial charge in [0.15, 0.2) is 0 Å². The SMILES string of the molecule is c1ccc(OCc2ccncc2)c(CN2CCCCC2)c1. The second kappa shape index (κ2) is 7.23. The van der Waals surface area contributed by atoms with Gasteiger partial charge in [0.2, 0.25) is 0 Å². The van der Waals surface area contributed by atoms with Crippen LogP contribution >= 0.6 is 0 Å². The van der Waals surface area contributed by atoms with Crippen LogP contribution in [0.1, 0.15) is 30.4 Å². The summed E-state index contributed by atoms with van der Waals surface area (Å²) in [5, 5.41) is 0. The van der Waals surface area contributed by atoms with Crippen molar-refractivity contribution in [2.24, 2.45) is 0 Å². The van der Waals surface area contributed by atoms with Gasteiger partial charge < -0.3 is 4.74 Å². The van der Waals surface area contributed by atoms with Crippen LogP contribution in [-0.2, 0) is 13.2 Å². The van der Waals surface area contributed by atoms with Crippen LogP contribution in [0.3, 0.4) is 0 Å². The normalized spacial score (nSPS) is 15.8. The number of hydrogen-bond donors (Lipinski definition) is 0. The van der Waals surface area contributed by atoms with Crippen LogP contribution in [0, 0.1) is 0 Å². The number of nitrogens with zero attached hydrogens (tertiary/aromatic N) is 2. The van der Waals surface area contributed by atoms with Crippen LogP contribution in [-0.4, -0.2) is 23.0 Å². The largest absolute Gasteiger partial charge is 0.489 e. The van der Waals surface area contributed by atoms with E-state index < -0.39 is 0 Å². The average molecular weight is 282 g/mol. The summed E-state index contributed by atoms with van der Waals surface area (Å²) in [7, 11) is 0. The first-order valence-corrected chi connectivity index (χ1v) is 7.74. The first-order chi connectivity index (χ1) is 10.4. The quantitative estimate of drug-likeness (QED) is 0.837. The second-order valence-corrected chi connectivity index (χ2v) is 5.59. The minimum atomic E-state index is 0.597. The summed E-state index contributed by atoms with van der Waals surface area (Å²) in [6.07, 6.45) is 7.62. The molecule has 21 heavy (non-hydrogen) atoms. The van der Waals surface area contributed by atoms with Gasteiger partial charge in [-0.2, -0.15) is 0 Å². The lowest BCUT2D eigenvalue weighted by Gasteiger charge is -2.27. The molecule has 1 aromatic heterocycles. The van der Waals surface area contributed by atoms with Gasteiger partial charge in [0.05, 0.1) is 0 Å². The summed E-state index contributed by atoms with van der Waals surface area (Å²) in [6.45, 7) is 4.00. The molecule has 0 saturated carbocycles. The van der Waals surface area contributed by atoms with E-state index in [9.17, 15) is 0 Å². The average Bonchev–Trinajstić information content (AvgIpc) is 2.56. The number of benzene rings is 1. The third kappa shape index (κ3) is 4.05. The molecule has 0 unspecified atom stereocenters. The van der Waals surface area contributed by atoms with Crippen LogP contribution in [0.5, 0.6) is 5.75 Å². The maximum absolute atomic E-state index is 6.01. The maximum atomic E-state index is 6.01. The molecule has 1 fully saturated rings. The van der Waals surface area contributed by atoms with Gasteiger partial charge in [-0.3, -0.25) is 9.88 Å². The van der Waals surface area contributed by atoms with Crippen molar-refractivity contribution >= 4 is 0 Å². The Morgan fingerprint density at radius 3 is 2.52 bits per heavy atom. The molecule has 0 radical (unpaired) electrons. The Bertz CT molecular complexity index is 550. The number of hydrogen-bond acceptors (Lipinski definition) is 3. The van der Waals surface area contributed by atoms with Crippen molar-refractivity contribution in [2.75, 3.05) is 13.1 Å². The predicted molar refractivity (Wildman–Crippen MR) is 84.1 cm³/mol. The van der Waals surface area contributed by atoms with Gasteiger partial charge in [-0.25, -0.2) is 0 Å². The molecule has 1 aliphatic heterocycles. The molecule has 0 aliphatic carbocycles. The number of para-hydroxylation sites is 1. The molecule has 0 N–H and O–H groups in total. The van der Waals surface area contributed by atoms with E-state index in [0.717, 1.165) is 17.9 Å². The molecular formula is C18H22N2O. The summed E-state index contributed by atoms with van der Waals surface area (Å²) in [5.74, 6) is 1.000. The minimum absolute atomic E-state index is 0.597. The van der Waals surface area contributed by atoms with Gasteiger partial charge in [-0.15, -0.1) is 0 Å². The Labute approximate surface area is 126 Å². The number of ether oxygens (including phenoxy) is 1. The molecule has 3 heteroatoms. The fourth-order valence-corrected chi connectivity index (χ4v) is 2.77. The summed E-state index contributed by atoms with van der Waals surface area (Å²) in [5.41, 5.74) is 2.44. The number of aromatic nitrogens is 1. The molecule has 3 nitrogen and oxygen atoms in total. The molecule has 1 saturated heterocycles. The van der Waals surface area contributed by atoms with Gasteiger partial charge in [-0.05, 0) is 49.7 Å². The molecule has 0 spiro atoms. The van der Waals surface area contributed by atoms with Crippen LogP contribution in [0.4, 0.5) is 0 Å². The van der Waals surface area contributed by atoms with Crippen molar-refractivity contribution in [1.29, 1.82) is 0 Å². The Hall–Kier alpha value is -1.87. The smallest absolute Gasteiger partial charge is 0.124 e. The van der Waals surface area contributed by atoms with Crippen LogP contribution in [0.15, 0.2) is 48.8 Å². The van der Waals surface area contributed by atoms with E-state index in [2.05, 4.69) is 28.1 Å². The maximum Gasteiger partial charge on any atom is 0.124 e. The summed E-state index contributed by atoms with van der Waals surface area (Å²) in [4.78, 5) is 6.56. The molecule has 3 rings (SSSR count). The lowest BCUT2D eigenvalue weighted by molar-refractivity contribution is 0.215. The van der Waals surface area contributed by atoms with Crippen molar-refractivity contribution in [3.63, 3.8) is 0 Å². The highest BCUT2D eigenvalue weighted by Crippen LogP contribution is 2.22. The molecule has 0 atom stereocenters. The Balaban J connectivity index is 1.64. The van der Waals surface area contributed by atoms with Gasteiger partial charge >= 0.3 is 0 Å². The third-order valence-electron chi connectivity index (χ3n) is 3.96. The molecule has 1 aromatic carbocycles. The lowest BCUT2D eigenvalue weighted by Crippen LogP contribution is -2.29. The zero-order chi connectivity index (χ0) is 14.3. The summed E-state index contributed by atoms with van der Waals surface area (Å²) in [6, 6.07) is 12.4. The summed E-state index contributed by atoms with van der Waals surface area (Å²) < 4.78 is 6.01. The van der Waals surface area contributed by atoms with Crippen LogP contribution in [0.25, 0.3) is 0 Å². The van der Waals surface area contributed by atoms with Crippen molar-refractivity contribution in [3.8, 4) is 5.75 Å². The minimum Gasteiger partial charge on any atom is -0.489 e. The number of rotatable bonds is 5. The fraction of sp³-hybridized carbons (Fsp3) is 0.389. The first-order valence-electron chi connectivity index (χ1n) is 7.74. The molecule has 0 bridgehead atoms. The molecule has 1 aliphatic rings. The van der Waals surface area contributed by atoms with Crippen molar-refractivity contribution in [2.45, 2.75) is 32.4 Å². The van der Waals surface area contributed by atoms with E-state index in [4.69, 9.17) is 4.74 Å². The van der Waals surface area contributed by atoms with E-state index in [1.54, 1.807) is 12.4 Å². The van der Waals surface area contributed by atoms with E-state index >= 15 is 0 Å². The highest BCUT2D eigenvalue weighted by Gasteiger charge is 2.12. The highest BCUT2D eigenvalue weighted by molar-refractivity contribution is 5.33. The van der Waals surface area contributed by atoms with E-state index in [0.29, 0.717) is 6.61 Å². The number of piperidine rings is 1. The number of likely N-dealkylation sites (tertiary alicyclic amines) is 1. The second-order valence-electron chi connectivity index (χ2n) is 5.59. The predicted octanol–water partition coefficient (Wildman–Crippen LogP) is 3.65. The van der Waals surface area contributed by atoms with E-state index in [1.165, 1.54) is 37.9 Å². The van der Waals surface area contributed by atoms with Gasteiger partial charge in [0.1, 0.15) is 12.4 Å². The molecule has 0 amide bonds. The molecule has 2 aromatic rings. The topological polar surface area (TPSA) is 25.4 Å². The van der Waals surface area contributed by atoms with E-state index in [1.807, 2.05) is 18.2 Å². The van der Waals surface area contributed by atoms with Gasteiger partial charge in [0.25, 0.3) is 0 Å². The molecule has 2 heterocycles. The van der Waals surface area contributed by atoms with Crippen molar-refractivity contribution < 1.29 is 4.74 Å². The Morgan fingerprint density at radius 1 is 0.952 bits per heavy atom. The Morgan fingerprint density at radius 2 is 1.71 bits per heavy atom. The lowest BCUT2D eigenvalue weighted by atomic mass is 10.1.